The van der Waals surface area contributed by atoms with Crippen LogP contribution in [0.15, 0.2) is 146 Å². The van der Waals surface area contributed by atoms with Crippen LogP contribution in [-0.2, 0) is 6.66 Å². The molecule has 0 aliphatic rings. The van der Waals surface area contributed by atoms with E-state index in [9.17, 15) is 0 Å². The van der Waals surface area contributed by atoms with Gasteiger partial charge in [-0.25, -0.2) is 0 Å². The third-order valence-electron chi connectivity index (χ3n) is 9.83. The molecule has 0 saturated heterocycles. The molecule has 0 saturated carbocycles. The highest BCUT2D eigenvalue weighted by molar-refractivity contribution is 7.53. The highest BCUT2D eigenvalue weighted by Gasteiger charge is 2.13. The predicted molar refractivity (Wildman–Crippen MR) is 212 cm³/mol. The van der Waals surface area contributed by atoms with Gasteiger partial charge in [-0.1, -0.05) is 110 Å². The fourth-order valence-electron chi connectivity index (χ4n) is 7.40. The van der Waals surface area contributed by atoms with Gasteiger partial charge in [0.15, 0.2) is 5.12 Å². The molecule has 0 aliphatic carbocycles. The molecule has 2 heteroatoms. The molecule has 0 spiro atoms. The third kappa shape index (κ3) is 4.62. The molecule has 7 aromatic carbocycles. The second-order valence-electron chi connectivity index (χ2n) is 12.6. The lowest BCUT2D eigenvalue weighted by Gasteiger charge is -2.12. The fraction of sp³-hybridized carbons (Fsp3) is 0.0444. The van der Waals surface area contributed by atoms with E-state index >= 15 is 0 Å². The van der Waals surface area contributed by atoms with E-state index in [1.165, 1.54) is 90.8 Å². The highest BCUT2D eigenvalue weighted by Crippen LogP contribution is 2.41. The number of benzene rings is 7. The fourth-order valence-corrected chi connectivity index (χ4v) is 10.3. The minimum absolute atomic E-state index is 0.251. The molecule has 0 radical (unpaired) electrons. The summed E-state index contributed by atoms with van der Waals surface area (Å²) < 4.78 is 2.61. The highest BCUT2D eigenvalue weighted by atomic mass is 32.1. The Hall–Kier alpha value is -5.07. The Bertz CT molecular complexity index is 2740. The Kier molecular flexibility index (Phi) is 6.61. The molecule has 0 fully saturated rings. The van der Waals surface area contributed by atoms with Crippen molar-refractivity contribution >= 4 is 93.5 Å². The summed E-state index contributed by atoms with van der Waals surface area (Å²) in [5, 5.41) is 13.3. The van der Waals surface area contributed by atoms with Gasteiger partial charge in [-0.2, -0.15) is 0 Å². The first-order valence-electron chi connectivity index (χ1n) is 16.1. The van der Waals surface area contributed by atoms with Crippen molar-refractivity contribution < 1.29 is 0 Å². The van der Waals surface area contributed by atoms with E-state index in [0.717, 1.165) is 5.57 Å². The lowest BCUT2D eigenvalue weighted by Crippen LogP contribution is -1.85. The summed E-state index contributed by atoms with van der Waals surface area (Å²) in [4.78, 5) is 0. The predicted octanol–water partition coefficient (Wildman–Crippen LogP) is 14.2. The van der Waals surface area contributed by atoms with E-state index in [1.54, 1.807) is 0 Å². The summed E-state index contributed by atoms with van der Waals surface area (Å²) in [6.45, 7) is 9.05. The zero-order valence-electron chi connectivity index (χ0n) is 26.4. The Balaban J connectivity index is 1.08. The third-order valence-corrected chi connectivity index (χ3v) is 12.9. The van der Waals surface area contributed by atoms with Gasteiger partial charge in [-0.3, -0.25) is 0 Å². The first-order valence-corrected chi connectivity index (χ1v) is 18.8. The quantitative estimate of drug-likeness (QED) is 0.133. The van der Waals surface area contributed by atoms with Crippen LogP contribution >= 0.6 is 18.9 Å². The van der Waals surface area contributed by atoms with Crippen LogP contribution in [0.2, 0.25) is 0 Å². The van der Waals surface area contributed by atoms with Crippen molar-refractivity contribution in [3.63, 3.8) is 0 Å². The first kappa shape index (κ1) is 28.2. The Morgan fingerprint density at radius 2 is 1.19 bits per heavy atom. The second kappa shape index (κ2) is 11.0. The standard InChI is InChI=1S/C45H32PS/c1-28(14-15-30-16-17-31-9-8-24-46(3)45(31)29(30)2)32-18-22-40-41-23-20-34(27-44(41)47-43(40)26-32)33-19-21-39-37-12-5-4-10-35(37)36-11-6-7-13-38(36)42(39)25-33/h4-27H,1H2,2-3H3/q+1/b15-14-. The molecule has 2 aromatic heterocycles. The summed E-state index contributed by atoms with van der Waals surface area (Å²) in [5.74, 6) is 2.34. The SMILES string of the molecule is C=C(/C=C\c1ccc2ccc[p+](C)c2c1C)c1ccc2c(c1)sc1cc(-c3ccc4c5ccccc5c5ccccc5c4c3)ccc12. The topological polar surface area (TPSA) is 0 Å². The first-order chi connectivity index (χ1) is 23.0. The average molecular weight is 636 g/mol. The van der Waals surface area contributed by atoms with E-state index in [4.69, 9.17) is 0 Å². The number of hydrogen-bond donors (Lipinski definition) is 0. The molecule has 1 atom stereocenters. The largest absolute Gasteiger partial charge is 0.158 e. The monoisotopic (exact) mass is 635 g/mol. The molecule has 0 aliphatic heterocycles. The van der Waals surface area contributed by atoms with Crippen LogP contribution < -0.4 is 0 Å². The summed E-state index contributed by atoms with van der Waals surface area (Å²) in [6, 6.07) is 47.2. The summed E-state index contributed by atoms with van der Waals surface area (Å²) in [5.41, 5.74) is 7.35. The van der Waals surface area contributed by atoms with Crippen LogP contribution in [0.5, 0.6) is 0 Å². The van der Waals surface area contributed by atoms with Crippen molar-refractivity contribution in [3.05, 3.63) is 163 Å². The Morgan fingerprint density at radius 3 is 1.91 bits per heavy atom. The number of hydrogen-bond acceptors (Lipinski definition) is 1. The molecule has 0 nitrogen and oxygen atoms in total. The van der Waals surface area contributed by atoms with E-state index < -0.39 is 0 Å². The Morgan fingerprint density at radius 1 is 0.596 bits per heavy atom. The lowest BCUT2D eigenvalue weighted by atomic mass is 9.92. The number of allylic oxidation sites excluding steroid dienone is 2. The zero-order chi connectivity index (χ0) is 31.6. The molecule has 1 unspecified atom stereocenters. The van der Waals surface area contributed by atoms with E-state index in [1.807, 2.05) is 11.3 Å². The van der Waals surface area contributed by atoms with Gasteiger partial charge < -0.3 is 0 Å². The average Bonchev–Trinajstić information content (AvgIpc) is 3.48. The van der Waals surface area contributed by atoms with Crippen LogP contribution in [0.3, 0.4) is 0 Å². The van der Waals surface area contributed by atoms with Gasteiger partial charge >= 0.3 is 0 Å². The molecule has 222 valence electrons. The molecule has 47 heavy (non-hydrogen) atoms. The van der Waals surface area contributed by atoms with E-state index in [-0.39, 0.29) is 7.53 Å². The van der Waals surface area contributed by atoms with Crippen molar-refractivity contribution in [2.45, 2.75) is 6.92 Å². The van der Waals surface area contributed by atoms with Crippen LogP contribution in [0.1, 0.15) is 16.7 Å². The maximum absolute atomic E-state index is 4.46. The molecule has 0 amide bonds. The van der Waals surface area contributed by atoms with Crippen molar-refractivity contribution in [3.8, 4) is 11.1 Å². The maximum Gasteiger partial charge on any atom is 0.158 e. The van der Waals surface area contributed by atoms with E-state index in [0.29, 0.717) is 0 Å². The number of rotatable bonds is 4. The summed E-state index contributed by atoms with van der Waals surface area (Å²) >= 11 is 1.87. The van der Waals surface area contributed by atoms with Gasteiger partial charge in [-0.05, 0) is 103 Å². The second-order valence-corrected chi connectivity index (χ2v) is 15.6. The van der Waals surface area contributed by atoms with Crippen LogP contribution in [0.25, 0.3) is 85.8 Å². The maximum atomic E-state index is 4.46. The molecule has 9 rings (SSSR count). The van der Waals surface area contributed by atoms with Crippen LogP contribution in [-0.4, -0.2) is 0 Å². The molecule has 9 aromatic rings. The van der Waals surface area contributed by atoms with Gasteiger partial charge in [-0.15, -0.1) is 11.3 Å². The van der Waals surface area contributed by atoms with E-state index in [2.05, 4.69) is 166 Å². The lowest BCUT2D eigenvalue weighted by molar-refractivity contribution is 1.51. The molecule has 0 bridgehead atoms. The molecular formula is C45H32PS+. The van der Waals surface area contributed by atoms with Crippen LogP contribution in [0.4, 0.5) is 0 Å². The summed E-state index contributed by atoms with van der Waals surface area (Å²) in [7, 11) is -0.251. The van der Waals surface area contributed by atoms with Crippen molar-refractivity contribution in [1.29, 1.82) is 0 Å². The normalized spacial score (nSPS) is 12.4. The van der Waals surface area contributed by atoms with Crippen molar-refractivity contribution in [1.82, 2.24) is 0 Å². The Labute approximate surface area is 279 Å². The van der Waals surface area contributed by atoms with Gasteiger partial charge in [0.25, 0.3) is 0 Å². The van der Waals surface area contributed by atoms with Gasteiger partial charge in [0, 0.05) is 31.1 Å². The number of thiophene rings is 1. The van der Waals surface area contributed by atoms with Gasteiger partial charge in [0.1, 0.15) is 20.0 Å². The zero-order valence-corrected chi connectivity index (χ0v) is 28.1. The minimum Gasteiger partial charge on any atom is -0.135 e. The van der Waals surface area contributed by atoms with Crippen LogP contribution in [0, 0.1) is 6.92 Å². The molecule has 0 N–H and O–H groups in total. The minimum atomic E-state index is -0.251. The molecule has 2 heterocycles. The van der Waals surface area contributed by atoms with Crippen molar-refractivity contribution in [2.75, 3.05) is 0 Å². The number of aryl methyl sites for hydroxylation is 2. The molecular weight excluding hydrogens is 604 g/mol. The number of fused-ring (bicyclic) bond motifs is 10. The van der Waals surface area contributed by atoms with Gasteiger partial charge in [0.2, 0.25) is 0 Å². The van der Waals surface area contributed by atoms with Crippen molar-refractivity contribution in [2.24, 2.45) is 6.66 Å². The summed E-state index contributed by atoms with van der Waals surface area (Å²) in [6.07, 6.45) is 4.41. The van der Waals surface area contributed by atoms with Gasteiger partial charge in [0.05, 0.1) is 0 Å². The smallest absolute Gasteiger partial charge is 0.135 e.